The Morgan fingerprint density at radius 1 is 0.939 bits per heavy atom. The first-order chi connectivity index (χ1) is 15.9. The van der Waals surface area contributed by atoms with Gasteiger partial charge < -0.3 is 10.2 Å². The predicted octanol–water partition coefficient (Wildman–Crippen LogP) is 4.91. The van der Waals surface area contributed by atoms with Gasteiger partial charge in [-0.05, 0) is 65.9 Å². The van der Waals surface area contributed by atoms with E-state index in [0.717, 1.165) is 29.5 Å². The first kappa shape index (κ1) is 21.3. The molecule has 2 amide bonds. The molecule has 3 aromatic carbocycles. The summed E-state index contributed by atoms with van der Waals surface area (Å²) in [6.45, 7) is 0.767. The van der Waals surface area contributed by atoms with E-state index in [1.54, 1.807) is 35.2 Å². The molecule has 0 saturated carbocycles. The maximum Gasteiger partial charge on any atom is 0.253 e. The third-order valence-corrected chi connectivity index (χ3v) is 6.78. The number of carbonyl (C=O) groups excluding carboxylic acids is 2. The number of nitrogens with zero attached hydrogens (tertiary/aromatic N) is 1. The van der Waals surface area contributed by atoms with Gasteiger partial charge in [-0.1, -0.05) is 36.4 Å². The van der Waals surface area contributed by atoms with Crippen molar-refractivity contribution in [3.8, 4) is 11.1 Å². The first-order valence-corrected chi connectivity index (χ1v) is 11.2. The van der Waals surface area contributed by atoms with Crippen molar-refractivity contribution in [2.75, 3.05) is 13.1 Å². The molecule has 0 bridgehead atoms. The number of nitrogens with one attached hydrogen (secondary N) is 1. The smallest absolute Gasteiger partial charge is 0.253 e. The average molecular weight is 446 g/mol. The number of carbonyl (C=O) groups is 2. The standard InChI is InChI=1S/C27H24F2N2O2/c28-22-11-9-18(10-12-22)19-4-1-6-21(14-19)26(33)31-16-24(20-5-2-7-23(29)15-20)27(17-31)13-3-8-25(32)30-27/h1-2,4-7,9-12,14-15,24H,3,8,13,16-17H2,(H,30,32)/t24-,27+/m0/s1. The second-order valence-electron chi connectivity index (χ2n) is 8.94. The molecular formula is C27H24F2N2O2. The van der Waals surface area contributed by atoms with E-state index in [4.69, 9.17) is 0 Å². The van der Waals surface area contributed by atoms with Crippen LogP contribution in [0.15, 0.2) is 72.8 Å². The van der Waals surface area contributed by atoms with Crippen LogP contribution in [0.3, 0.4) is 0 Å². The number of rotatable bonds is 3. The van der Waals surface area contributed by atoms with Crippen molar-refractivity contribution >= 4 is 11.8 Å². The minimum absolute atomic E-state index is 0.0322. The summed E-state index contributed by atoms with van der Waals surface area (Å²) in [5.74, 6) is -1.01. The lowest BCUT2D eigenvalue weighted by molar-refractivity contribution is -0.125. The van der Waals surface area contributed by atoms with Gasteiger partial charge in [0, 0.05) is 31.0 Å². The van der Waals surface area contributed by atoms with Crippen LogP contribution in [0, 0.1) is 11.6 Å². The van der Waals surface area contributed by atoms with Gasteiger partial charge in [-0.3, -0.25) is 9.59 Å². The van der Waals surface area contributed by atoms with Gasteiger partial charge in [0.25, 0.3) is 5.91 Å². The molecule has 2 aliphatic heterocycles. The van der Waals surface area contributed by atoms with Gasteiger partial charge in [0.2, 0.25) is 5.91 Å². The molecule has 0 unspecified atom stereocenters. The molecule has 0 aliphatic carbocycles. The molecule has 0 radical (unpaired) electrons. The van der Waals surface area contributed by atoms with Crippen molar-refractivity contribution in [2.45, 2.75) is 30.7 Å². The molecule has 0 aromatic heterocycles. The Balaban J connectivity index is 1.46. The van der Waals surface area contributed by atoms with E-state index in [0.29, 0.717) is 25.1 Å². The highest BCUT2D eigenvalue weighted by molar-refractivity contribution is 5.96. The van der Waals surface area contributed by atoms with Crippen LogP contribution in [-0.4, -0.2) is 35.3 Å². The molecule has 5 rings (SSSR count). The zero-order chi connectivity index (χ0) is 23.0. The fraction of sp³-hybridized carbons (Fsp3) is 0.259. The Bertz CT molecular complexity index is 1210. The van der Waals surface area contributed by atoms with Gasteiger partial charge in [-0.15, -0.1) is 0 Å². The maximum atomic E-state index is 14.0. The molecule has 2 heterocycles. The summed E-state index contributed by atoms with van der Waals surface area (Å²) in [4.78, 5) is 27.6. The number of amides is 2. The second-order valence-corrected chi connectivity index (χ2v) is 8.94. The van der Waals surface area contributed by atoms with Crippen LogP contribution in [0.4, 0.5) is 8.78 Å². The zero-order valence-corrected chi connectivity index (χ0v) is 18.1. The van der Waals surface area contributed by atoms with Crippen molar-refractivity contribution < 1.29 is 18.4 Å². The molecule has 3 aromatic rings. The van der Waals surface area contributed by atoms with Crippen molar-refractivity contribution in [3.05, 3.63) is 95.6 Å². The number of benzene rings is 3. The largest absolute Gasteiger partial charge is 0.348 e. The van der Waals surface area contributed by atoms with Crippen molar-refractivity contribution in [3.63, 3.8) is 0 Å². The highest BCUT2D eigenvalue weighted by Gasteiger charge is 2.50. The highest BCUT2D eigenvalue weighted by atomic mass is 19.1. The van der Waals surface area contributed by atoms with Gasteiger partial charge in [-0.25, -0.2) is 8.78 Å². The summed E-state index contributed by atoms with van der Waals surface area (Å²) in [7, 11) is 0. The van der Waals surface area contributed by atoms with E-state index in [-0.39, 0.29) is 29.4 Å². The van der Waals surface area contributed by atoms with Gasteiger partial charge in [-0.2, -0.15) is 0 Å². The number of likely N-dealkylation sites (tertiary alicyclic amines) is 1. The SMILES string of the molecule is O=C1CCC[C@]2(CN(C(=O)c3cccc(-c4ccc(F)cc4)c3)C[C@H]2c2cccc(F)c2)N1. The Hall–Kier alpha value is -3.54. The molecule has 2 fully saturated rings. The second kappa shape index (κ2) is 8.43. The van der Waals surface area contributed by atoms with Gasteiger partial charge in [0.05, 0.1) is 5.54 Å². The molecule has 4 nitrogen and oxygen atoms in total. The minimum Gasteiger partial charge on any atom is -0.348 e. The van der Waals surface area contributed by atoms with Crippen LogP contribution in [0.5, 0.6) is 0 Å². The van der Waals surface area contributed by atoms with Crippen LogP contribution in [0.25, 0.3) is 11.1 Å². The average Bonchev–Trinajstić information content (AvgIpc) is 3.17. The minimum atomic E-state index is -0.604. The summed E-state index contributed by atoms with van der Waals surface area (Å²) < 4.78 is 27.3. The number of halogens is 2. The summed E-state index contributed by atoms with van der Waals surface area (Å²) >= 11 is 0. The Labute approximate surface area is 191 Å². The van der Waals surface area contributed by atoms with E-state index in [1.165, 1.54) is 24.3 Å². The van der Waals surface area contributed by atoms with Crippen molar-refractivity contribution in [1.82, 2.24) is 10.2 Å². The van der Waals surface area contributed by atoms with E-state index in [2.05, 4.69) is 5.32 Å². The Morgan fingerprint density at radius 2 is 1.73 bits per heavy atom. The van der Waals surface area contributed by atoms with E-state index in [1.807, 2.05) is 18.2 Å². The third kappa shape index (κ3) is 4.13. The predicted molar refractivity (Wildman–Crippen MR) is 122 cm³/mol. The van der Waals surface area contributed by atoms with Gasteiger partial charge in [0.1, 0.15) is 11.6 Å². The molecule has 168 valence electrons. The van der Waals surface area contributed by atoms with E-state index in [9.17, 15) is 18.4 Å². The fourth-order valence-electron chi connectivity index (χ4n) is 5.22. The Kier molecular flexibility index (Phi) is 5.44. The lowest BCUT2D eigenvalue weighted by Crippen LogP contribution is -2.56. The summed E-state index contributed by atoms with van der Waals surface area (Å²) in [5.41, 5.74) is 2.35. The molecule has 2 saturated heterocycles. The van der Waals surface area contributed by atoms with Gasteiger partial charge in [0.15, 0.2) is 0 Å². The normalized spacial score (nSPS) is 22.4. The molecule has 33 heavy (non-hydrogen) atoms. The number of piperidine rings is 1. The lowest BCUT2D eigenvalue weighted by Gasteiger charge is -2.39. The van der Waals surface area contributed by atoms with Crippen LogP contribution in [0.1, 0.15) is 41.1 Å². The first-order valence-electron chi connectivity index (χ1n) is 11.2. The van der Waals surface area contributed by atoms with Crippen molar-refractivity contribution in [1.29, 1.82) is 0 Å². The van der Waals surface area contributed by atoms with E-state index < -0.39 is 5.54 Å². The van der Waals surface area contributed by atoms with Crippen LogP contribution in [0.2, 0.25) is 0 Å². The lowest BCUT2D eigenvalue weighted by atomic mass is 9.76. The zero-order valence-electron chi connectivity index (χ0n) is 18.1. The molecule has 2 atom stereocenters. The molecular weight excluding hydrogens is 422 g/mol. The summed E-state index contributed by atoms with van der Waals surface area (Å²) in [6.07, 6.45) is 1.93. The maximum absolute atomic E-state index is 14.0. The van der Waals surface area contributed by atoms with Gasteiger partial charge >= 0.3 is 0 Å². The fourth-order valence-corrected chi connectivity index (χ4v) is 5.22. The topological polar surface area (TPSA) is 49.4 Å². The highest BCUT2D eigenvalue weighted by Crippen LogP contribution is 2.42. The van der Waals surface area contributed by atoms with Crippen molar-refractivity contribution in [2.24, 2.45) is 0 Å². The van der Waals surface area contributed by atoms with E-state index >= 15 is 0 Å². The summed E-state index contributed by atoms with van der Waals surface area (Å²) in [6, 6.07) is 19.8. The van der Waals surface area contributed by atoms with Crippen LogP contribution in [-0.2, 0) is 4.79 Å². The Morgan fingerprint density at radius 3 is 2.48 bits per heavy atom. The quantitative estimate of drug-likeness (QED) is 0.622. The van der Waals surface area contributed by atoms with Crippen LogP contribution >= 0.6 is 0 Å². The summed E-state index contributed by atoms with van der Waals surface area (Å²) in [5, 5.41) is 3.15. The molecule has 2 aliphatic rings. The van der Waals surface area contributed by atoms with Crippen LogP contribution < -0.4 is 5.32 Å². The monoisotopic (exact) mass is 446 g/mol. The number of hydrogen-bond acceptors (Lipinski definition) is 2. The molecule has 1 spiro atoms. The molecule has 6 heteroatoms. The third-order valence-electron chi connectivity index (χ3n) is 6.78. The molecule has 1 N–H and O–H groups in total. The number of hydrogen-bond donors (Lipinski definition) is 1.